The summed E-state index contributed by atoms with van der Waals surface area (Å²) in [6.07, 6.45) is 4.23. The van der Waals surface area contributed by atoms with Crippen LogP contribution < -0.4 is 5.32 Å². The van der Waals surface area contributed by atoms with Crippen LogP contribution in [0.5, 0.6) is 0 Å². The first-order valence-corrected chi connectivity index (χ1v) is 6.30. The molecule has 1 amide bonds. The molecular weight excluding hydrogens is 216 g/mol. The molecule has 1 aliphatic carbocycles. The van der Waals surface area contributed by atoms with Gasteiger partial charge in [-0.1, -0.05) is 13.0 Å². The summed E-state index contributed by atoms with van der Waals surface area (Å²) in [6, 6.07) is 0.241. The van der Waals surface area contributed by atoms with Crippen LogP contribution in [0.1, 0.15) is 32.6 Å². The van der Waals surface area contributed by atoms with E-state index in [1.54, 1.807) is 6.92 Å². The Kier molecular flexibility index (Phi) is 3.82. The van der Waals surface area contributed by atoms with Crippen molar-refractivity contribution >= 4 is 11.8 Å². The normalized spacial score (nSPS) is 28.2. The summed E-state index contributed by atoms with van der Waals surface area (Å²) in [5.74, 6) is 1.26. The van der Waals surface area contributed by atoms with Crippen molar-refractivity contribution in [2.45, 2.75) is 38.6 Å². The van der Waals surface area contributed by atoms with Crippen molar-refractivity contribution in [3.8, 4) is 0 Å². The zero-order valence-electron chi connectivity index (χ0n) is 10.4. The second-order valence-electron chi connectivity index (χ2n) is 4.88. The minimum atomic E-state index is -0.0371. The molecule has 1 heterocycles. The molecule has 0 aromatic carbocycles. The highest BCUT2D eigenvalue weighted by Gasteiger charge is 2.29. The second kappa shape index (κ2) is 5.34. The Hall–Kier alpha value is -1.32. The maximum Gasteiger partial charge on any atom is 0.246 e. The van der Waals surface area contributed by atoms with Gasteiger partial charge in [0.2, 0.25) is 5.91 Å². The Morgan fingerprint density at radius 3 is 3.00 bits per heavy atom. The fourth-order valence-electron chi connectivity index (χ4n) is 2.45. The lowest BCUT2D eigenvalue weighted by Gasteiger charge is -2.29. The maximum absolute atomic E-state index is 11.6. The first-order valence-electron chi connectivity index (χ1n) is 6.30. The van der Waals surface area contributed by atoms with E-state index in [1.807, 2.05) is 0 Å². The van der Waals surface area contributed by atoms with E-state index in [0.717, 1.165) is 38.1 Å². The first-order chi connectivity index (χ1) is 8.16. The molecule has 0 aromatic heterocycles. The van der Waals surface area contributed by atoms with Gasteiger partial charge >= 0.3 is 0 Å². The molecule has 4 nitrogen and oxygen atoms in total. The lowest BCUT2D eigenvalue weighted by Crippen LogP contribution is -2.40. The number of hydrogen-bond donors (Lipinski definition) is 1. The average Bonchev–Trinajstić information content (AvgIpc) is 2.82. The number of carbonyl (C=O) groups is 1. The minimum absolute atomic E-state index is 0.0371. The highest BCUT2D eigenvalue weighted by Crippen LogP contribution is 2.27. The zero-order valence-corrected chi connectivity index (χ0v) is 10.4. The van der Waals surface area contributed by atoms with Gasteiger partial charge in [-0.3, -0.25) is 9.79 Å². The van der Waals surface area contributed by atoms with Gasteiger partial charge in [0.25, 0.3) is 0 Å². The summed E-state index contributed by atoms with van der Waals surface area (Å²) in [5.41, 5.74) is 0.571. The number of hydrogen-bond acceptors (Lipinski definition) is 3. The second-order valence-corrected chi connectivity index (χ2v) is 4.88. The van der Waals surface area contributed by atoms with Gasteiger partial charge in [-0.25, -0.2) is 0 Å². The zero-order chi connectivity index (χ0) is 12.3. The van der Waals surface area contributed by atoms with Gasteiger partial charge in [0, 0.05) is 17.5 Å². The molecule has 0 bridgehead atoms. The van der Waals surface area contributed by atoms with Gasteiger partial charge in [-0.05, 0) is 26.2 Å². The number of nitrogens with zero attached hydrogens (tertiary/aromatic N) is 1. The smallest absolute Gasteiger partial charge is 0.246 e. The summed E-state index contributed by atoms with van der Waals surface area (Å²) >= 11 is 0. The fourth-order valence-corrected chi connectivity index (χ4v) is 2.45. The maximum atomic E-state index is 11.6. The van der Waals surface area contributed by atoms with Crippen LogP contribution in [0, 0.1) is 5.92 Å². The molecule has 1 saturated carbocycles. The Labute approximate surface area is 102 Å². The van der Waals surface area contributed by atoms with E-state index in [9.17, 15) is 4.79 Å². The number of ether oxygens (including phenoxy) is 1. The third-order valence-electron chi connectivity index (χ3n) is 3.36. The number of amides is 1. The van der Waals surface area contributed by atoms with Gasteiger partial charge in [0.1, 0.15) is 6.61 Å². The highest BCUT2D eigenvalue weighted by atomic mass is 16.5. The largest absolute Gasteiger partial charge is 0.479 e. The van der Waals surface area contributed by atoms with E-state index in [4.69, 9.17) is 4.74 Å². The van der Waals surface area contributed by atoms with Crippen molar-refractivity contribution in [2.24, 2.45) is 10.9 Å². The molecule has 1 fully saturated rings. The Morgan fingerprint density at radius 1 is 1.53 bits per heavy atom. The van der Waals surface area contributed by atoms with Gasteiger partial charge in [-0.2, -0.15) is 0 Å². The molecule has 2 rings (SSSR count). The van der Waals surface area contributed by atoms with Gasteiger partial charge in [0.05, 0.1) is 6.54 Å². The molecule has 1 aliphatic heterocycles. The lowest BCUT2D eigenvalue weighted by atomic mass is 9.85. The Morgan fingerprint density at radius 2 is 2.35 bits per heavy atom. The van der Waals surface area contributed by atoms with E-state index in [1.165, 1.54) is 0 Å². The van der Waals surface area contributed by atoms with Crippen LogP contribution in [0.2, 0.25) is 0 Å². The predicted octanol–water partition coefficient (Wildman–Crippen LogP) is 1.67. The molecule has 2 atom stereocenters. The summed E-state index contributed by atoms with van der Waals surface area (Å²) in [7, 11) is 0. The Bertz CT molecular complexity index is 349. The number of carbonyl (C=O) groups excluding carboxylic acids is 1. The quantitative estimate of drug-likeness (QED) is 0.758. The molecule has 0 spiro atoms. The SMILES string of the molecule is C=C(C)C(=O)NC1CCCC(C2=NCCO2)C1. The van der Waals surface area contributed by atoms with Crippen molar-refractivity contribution in [3.63, 3.8) is 0 Å². The molecule has 0 aromatic rings. The van der Waals surface area contributed by atoms with E-state index in [0.29, 0.717) is 18.1 Å². The summed E-state index contributed by atoms with van der Waals surface area (Å²) in [5, 5.41) is 3.02. The van der Waals surface area contributed by atoms with Crippen LogP contribution in [0.15, 0.2) is 17.1 Å². The third-order valence-corrected chi connectivity index (χ3v) is 3.36. The molecule has 4 heteroatoms. The van der Waals surface area contributed by atoms with Crippen LogP contribution in [0.3, 0.4) is 0 Å². The minimum Gasteiger partial charge on any atom is -0.479 e. The van der Waals surface area contributed by atoms with Crippen molar-refractivity contribution in [1.82, 2.24) is 5.32 Å². The molecule has 94 valence electrons. The third kappa shape index (κ3) is 3.08. The first kappa shape index (κ1) is 12.1. The molecule has 0 saturated heterocycles. The van der Waals surface area contributed by atoms with Gasteiger partial charge in [0.15, 0.2) is 5.90 Å². The Balaban J connectivity index is 1.88. The lowest BCUT2D eigenvalue weighted by molar-refractivity contribution is -0.118. The predicted molar refractivity (Wildman–Crippen MR) is 67.0 cm³/mol. The summed E-state index contributed by atoms with van der Waals surface area (Å²) in [4.78, 5) is 15.9. The van der Waals surface area contributed by atoms with Crippen LogP contribution in [-0.2, 0) is 9.53 Å². The average molecular weight is 236 g/mol. The van der Waals surface area contributed by atoms with Gasteiger partial charge in [-0.15, -0.1) is 0 Å². The van der Waals surface area contributed by atoms with E-state index in [2.05, 4.69) is 16.9 Å². The van der Waals surface area contributed by atoms with E-state index < -0.39 is 0 Å². The van der Waals surface area contributed by atoms with Crippen LogP contribution in [-0.4, -0.2) is 31.0 Å². The van der Waals surface area contributed by atoms with E-state index in [-0.39, 0.29) is 11.9 Å². The number of rotatable bonds is 3. The van der Waals surface area contributed by atoms with Crippen molar-refractivity contribution in [1.29, 1.82) is 0 Å². The standard InChI is InChI=1S/C13H20N2O2/c1-9(2)12(16)15-11-5-3-4-10(8-11)13-14-6-7-17-13/h10-11H,1,3-8H2,2H3,(H,15,16). The fraction of sp³-hybridized carbons (Fsp3) is 0.692. The van der Waals surface area contributed by atoms with Crippen LogP contribution in [0.4, 0.5) is 0 Å². The number of nitrogens with one attached hydrogen (secondary N) is 1. The monoisotopic (exact) mass is 236 g/mol. The van der Waals surface area contributed by atoms with E-state index >= 15 is 0 Å². The molecular formula is C13H20N2O2. The van der Waals surface area contributed by atoms with Crippen molar-refractivity contribution in [3.05, 3.63) is 12.2 Å². The van der Waals surface area contributed by atoms with Crippen molar-refractivity contribution < 1.29 is 9.53 Å². The van der Waals surface area contributed by atoms with Crippen LogP contribution >= 0.6 is 0 Å². The summed E-state index contributed by atoms with van der Waals surface area (Å²) < 4.78 is 5.51. The summed E-state index contributed by atoms with van der Waals surface area (Å²) in [6.45, 7) is 6.90. The molecule has 1 N–H and O–H groups in total. The molecule has 0 radical (unpaired) electrons. The number of aliphatic imine (C=N–C) groups is 1. The molecule has 2 unspecified atom stereocenters. The molecule has 2 aliphatic rings. The van der Waals surface area contributed by atoms with Crippen molar-refractivity contribution in [2.75, 3.05) is 13.2 Å². The molecule has 17 heavy (non-hydrogen) atoms. The highest BCUT2D eigenvalue weighted by molar-refractivity contribution is 5.92. The van der Waals surface area contributed by atoms with Gasteiger partial charge < -0.3 is 10.1 Å². The van der Waals surface area contributed by atoms with Crippen LogP contribution in [0.25, 0.3) is 0 Å². The topological polar surface area (TPSA) is 50.7 Å².